The van der Waals surface area contributed by atoms with Gasteiger partial charge in [-0.15, -0.1) is 0 Å². The molecule has 2 aromatic heterocycles. The normalized spacial score (nSPS) is 16.3. The summed E-state index contributed by atoms with van der Waals surface area (Å²) >= 11 is 1.51. The fraction of sp³-hybridized carbons (Fsp3) is 0.444. The molecule has 1 saturated carbocycles. The highest BCUT2D eigenvalue weighted by Gasteiger charge is 2.26. The van der Waals surface area contributed by atoms with Gasteiger partial charge in [0.2, 0.25) is 0 Å². The Balaban J connectivity index is 1.73. The van der Waals surface area contributed by atoms with E-state index in [1.54, 1.807) is 0 Å². The number of benzene rings is 1. The lowest BCUT2D eigenvalue weighted by atomic mass is 9.94. The summed E-state index contributed by atoms with van der Waals surface area (Å²) < 4.78 is 2.11. The molecule has 1 aromatic carbocycles. The molecule has 0 spiro atoms. The number of amides is 1. The molecular weight excluding hydrogens is 306 g/mol. The number of aryl methyl sites for hydroxylation is 1. The summed E-state index contributed by atoms with van der Waals surface area (Å²) in [6.07, 6.45) is 6.04. The number of nitrogens with zero attached hydrogens (tertiary/aromatic N) is 3. The van der Waals surface area contributed by atoms with Gasteiger partial charge in [0.15, 0.2) is 4.96 Å². The Morgan fingerprint density at radius 3 is 2.78 bits per heavy atom. The maximum absolute atomic E-state index is 13.0. The molecule has 1 aliphatic rings. The van der Waals surface area contributed by atoms with Crippen molar-refractivity contribution in [2.24, 2.45) is 0 Å². The second-order valence-electron chi connectivity index (χ2n) is 6.44. The van der Waals surface area contributed by atoms with Crippen molar-refractivity contribution in [2.45, 2.75) is 45.1 Å². The molecule has 1 aliphatic carbocycles. The van der Waals surface area contributed by atoms with E-state index >= 15 is 0 Å². The minimum atomic E-state index is 0.147. The highest BCUT2D eigenvalue weighted by atomic mass is 32.1. The van der Waals surface area contributed by atoms with Gasteiger partial charge in [-0.05, 0) is 31.9 Å². The minimum absolute atomic E-state index is 0.147. The molecule has 0 unspecified atom stereocenters. The maximum Gasteiger partial charge on any atom is 0.265 e. The summed E-state index contributed by atoms with van der Waals surface area (Å²) in [5, 5.41) is 0. The van der Waals surface area contributed by atoms with Gasteiger partial charge in [-0.1, -0.05) is 42.7 Å². The van der Waals surface area contributed by atoms with Crippen LogP contribution >= 0.6 is 11.3 Å². The zero-order valence-electron chi connectivity index (χ0n) is 13.6. The van der Waals surface area contributed by atoms with Crippen molar-refractivity contribution in [1.29, 1.82) is 0 Å². The fourth-order valence-corrected chi connectivity index (χ4v) is 4.78. The summed E-state index contributed by atoms with van der Waals surface area (Å²) in [4.78, 5) is 21.3. The number of carbonyl (C=O) groups excluding carboxylic acids is 1. The van der Waals surface area contributed by atoms with Crippen LogP contribution in [0.25, 0.3) is 16.0 Å². The van der Waals surface area contributed by atoms with Crippen LogP contribution in [-0.4, -0.2) is 33.3 Å². The first kappa shape index (κ1) is 14.7. The lowest BCUT2D eigenvalue weighted by Gasteiger charge is -2.31. The van der Waals surface area contributed by atoms with Crippen molar-refractivity contribution >= 4 is 33.2 Å². The molecule has 4 nitrogen and oxygen atoms in total. The summed E-state index contributed by atoms with van der Waals surface area (Å²) in [7, 11) is 1.96. The van der Waals surface area contributed by atoms with E-state index in [4.69, 9.17) is 0 Å². The van der Waals surface area contributed by atoms with Crippen LogP contribution < -0.4 is 0 Å². The fourth-order valence-electron chi connectivity index (χ4n) is 3.66. The van der Waals surface area contributed by atoms with E-state index in [0.717, 1.165) is 39.4 Å². The Morgan fingerprint density at radius 1 is 1.26 bits per heavy atom. The van der Waals surface area contributed by atoms with Crippen LogP contribution in [0.15, 0.2) is 24.3 Å². The Morgan fingerprint density at radius 2 is 2.00 bits per heavy atom. The number of hydrogen-bond acceptors (Lipinski definition) is 3. The molecule has 0 bridgehead atoms. The molecule has 4 rings (SSSR count). The number of aromatic nitrogens is 2. The first-order chi connectivity index (χ1) is 11.2. The van der Waals surface area contributed by atoms with Gasteiger partial charge in [-0.25, -0.2) is 4.98 Å². The average molecular weight is 327 g/mol. The third kappa shape index (κ3) is 2.34. The molecule has 0 aliphatic heterocycles. The average Bonchev–Trinajstić information content (AvgIpc) is 3.11. The number of fused-ring (bicyclic) bond motifs is 3. The molecule has 2 heterocycles. The molecule has 0 radical (unpaired) electrons. The van der Waals surface area contributed by atoms with Gasteiger partial charge >= 0.3 is 0 Å². The van der Waals surface area contributed by atoms with Crippen LogP contribution in [0.1, 0.15) is 47.5 Å². The minimum Gasteiger partial charge on any atom is -0.338 e. The molecule has 0 atom stereocenters. The number of para-hydroxylation sites is 2. The van der Waals surface area contributed by atoms with Gasteiger partial charge < -0.3 is 4.90 Å². The van der Waals surface area contributed by atoms with Gasteiger partial charge in [0.1, 0.15) is 4.88 Å². The van der Waals surface area contributed by atoms with Gasteiger partial charge in [0.25, 0.3) is 5.91 Å². The van der Waals surface area contributed by atoms with Crippen molar-refractivity contribution in [3.05, 3.63) is 34.8 Å². The van der Waals surface area contributed by atoms with E-state index in [0.29, 0.717) is 6.04 Å². The SMILES string of the molecule is Cc1c(C(=O)N(C)C2CCCCC2)sc2nc3ccccc3n12. The van der Waals surface area contributed by atoms with Crippen molar-refractivity contribution in [3.63, 3.8) is 0 Å². The molecular formula is C18H21N3OS. The zero-order valence-corrected chi connectivity index (χ0v) is 14.4. The number of imidazole rings is 1. The van der Waals surface area contributed by atoms with Gasteiger partial charge in [-0.2, -0.15) is 0 Å². The van der Waals surface area contributed by atoms with E-state index < -0.39 is 0 Å². The monoisotopic (exact) mass is 327 g/mol. The topological polar surface area (TPSA) is 37.6 Å². The summed E-state index contributed by atoms with van der Waals surface area (Å²) in [6.45, 7) is 2.03. The Hall–Kier alpha value is -1.88. The smallest absolute Gasteiger partial charge is 0.265 e. The molecule has 23 heavy (non-hydrogen) atoms. The van der Waals surface area contributed by atoms with Crippen molar-refractivity contribution < 1.29 is 4.79 Å². The summed E-state index contributed by atoms with van der Waals surface area (Å²) in [5.74, 6) is 0.147. The van der Waals surface area contributed by atoms with Gasteiger partial charge in [-0.3, -0.25) is 9.20 Å². The number of hydrogen-bond donors (Lipinski definition) is 0. The Kier molecular flexibility index (Phi) is 3.60. The molecule has 3 aromatic rings. The standard InChI is InChI=1S/C18H21N3OS/c1-12-16(17(22)20(2)13-8-4-3-5-9-13)23-18-19-14-10-6-7-11-15(14)21(12)18/h6-7,10-11,13H,3-5,8-9H2,1-2H3. The maximum atomic E-state index is 13.0. The number of thiazole rings is 1. The highest BCUT2D eigenvalue weighted by Crippen LogP contribution is 2.30. The second-order valence-corrected chi connectivity index (χ2v) is 7.42. The van der Waals surface area contributed by atoms with E-state index in [-0.39, 0.29) is 5.91 Å². The molecule has 120 valence electrons. The predicted octanol–water partition coefficient (Wildman–Crippen LogP) is 4.26. The van der Waals surface area contributed by atoms with Crippen molar-refractivity contribution in [1.82, 2.24) is 14.3 Å². The second kappa shape index (κ2) is 5.64. The highest BCUT2D eigenvalue weighted by molar-refractivity contribution is 7.19. The quantitative estimate of drug-likeness (QED) is 0.705. The third-order valence-electron chi connectivity index (χ3n) is 5.02. The lowest BCUT2D eigenvalue weighted by Crippen LogP contribution is -2.38. The van der Waals surface area contributed by atoms with Crippen LogP contribution in [0.4, 0.5) is 0 Å². The van der Waals surface area contributed by atoms with E-state index in [9.17, 15) is 4.79 Å². The van der Waals surface area contributed by atoms with Crippen LogP contribution in [-0.2, 0) is 0 Å². The van der Waals surface area contributed by atoms with Crippen LogP contribution in [0.2, 0.25) is 0 Å². The first-order valence-corrected chi connectivity index (χ1v) is 9.12. The summed E-state index contributed by atoms with van der Waals surface area (Å²) in [5.41, 5.74) is 3.07. The first-order valence-electron chi connectivity index (χ1n) is 8.30. The van der Waals surface area contributed by atoms with E-state index in [2.05, 4.69) is 15.5 Å². The molecule has 1 fully saturated rings. The van der Waals surface area contributed by atoms with Crippen LogP contribution in [0.5, 0.6) is 0 Å². The zero-order chi connectivity index (χ0) is 16.0. The lowest BCUT2D eigenvalue weighted by molar-refractivity contribution is 0.0700. The number of carbonyl (C=O) groups is 1. The molecule has 1 amide bonds. The molecule has 0 saturated heterocycles. The van der Waals surface area contributed by atoms with Crippen LogP contribution in [0.3, 0.4) is 0 Å². The van der Waals surface area contributed by atoms with Crippen molar-refractivity contribution in [3.8, 4) is 0 Å². The van der Waals surface area contributed by atoms with Crippen molar-refractivity contribution in [2.75, 3.05) is 7.05 Å². The van der Waals surface area contributed by atoms with Gasteiger partial charge in [0.05, 0.1) is 11.0 Å². The van der Waals surface area contributed by atoms with E-state index in [1.165, 1.54) is 30.6 Å². The third-order valence-corrected chi connectivity index (χ3v) is 6.15. The van der Waals surface area contributed by atoms with Gasteiger partial charge in [0, 0.05) is 18.8 Å². The Bertz CT molecular complexity index is 873. The van der Waals surface area contributed by atoms with E-state index in [1.807, 2.05) is 37.1 Å². The summed E-state index contributed by atoms with van der Waals surface area (Å²) in [6, 6.07) is 8.49. The largest absolute Gasteiger partial charge is 0.338 e. The molecule has 5 heteroatoms. The number of rotatable bonds is 2. The predicted molar refractivity (Wildman–Crippen MR) is 94.3 cm³/mol. The molecule has 0 N–H and O–H groups in total. The van der Waals surface area contributed by atoms with Crippen LogP contribution in [0, 0.1) is 6.92 Å². The Labute approximate surface area is 139 Å².